The Kier molecular flexibility index (Phi) is 3.77. The molecule has 0 bridgehead atoms. The first-order valence-corrected chi connectivity index (χ1v) is 5.81. The van der Waals surface area contributed by atoms with Crippen molar-refractivity contribution >= 4 is 0 Å². The number of nitrogens with zero attached hydrogens (tertiary/aromatic N) is 1. The minimum absolute atomic E-state index is 0.463. The Morgan fingerprint density at radius 1 is 1.35 bits per heavy atom. The minimum atomic E-state index is 0.463. The molecule has 0 amide bonds. The fourth-order valence-corrected chi connectivity index (χ4v) is 1.62. The molecule has 0 fully saturated rings. The third kappa shape index (κ3) is 2.65. The molecule has 0 saturated heterocycles. The summed E-state index contributed by atoms with van der Waals surface area (Å²) in [6.45, 7) is 3.26. The van der Waals surface area contributed by atoms with Crippen LogP contribution < -0.4 is 10.5 Å². The van der Waals surface area contributed by atoms with Crippen LogP contribution in [0.3, 0.4) is 0 Å². The van der Waals surface area contributed by atoms with Gasteiger partial charge in [-0.2, -0.15) is 5.10 Å². The molecular formula is C13H17N3O. The quantitative estimate of drug-likeness (QED) is 0.830. The van der Waals surface area contributed by atoms with Gasteiger partial charge in [-0.1, -0.05) is 19.1 Å². The van der Waals surface area contributed by atoms with E-state index in [2.05, 4.69) is 17.1 Å². The van der Waals surface area contributed by atoms with Gasteiger partial charge in [0.1, 0.15) is 5.75 Å². The van der Waals surface area contributed by atoms with Gasteiger partial charge in [0.05, 0.1) is 12.3 Å². The summed E-state index contributed by atoms with van der Waals surface area (Å²) >= 11 is 0. The largest absolute Gasteiger partial charge is 0.493 e. The van der Waals surface area contributed by atoms with E-state index in [1.54, 1.807) is 0 Å². The first-order valence-electron chi connectivity index (χ1n) is 5.81. The first-order chi connectivity index (χ1) is 8.35. The molecule has 4 heteroatoms. The van der Waals surface area contributed by atoms with Crippen molar-refractivity contribution in [2.24, 2.45) is 5.73 Å². The molecule has 17 heavy (non-hydrogen) atoms. The van der Waals surface area contributed by atoms with Gasteiger partial charge in [0.25, 0.3) is 0 Å². The van der Waals surface area contributed by atoms with Gasteiger partial charge in [0, 0.05) is 17.8 Å². The van der Waals surface area contributed by atoms with E-state index in [1.807, 2.05) is 30.3 Å². The van der Waals surface area contributed by atoms with E-state index in [4.69, 9.17) is 10.5 Å². The van der Waals surface area contributed by atoms with Crippen molar-refractivity contribution in [3.63, 3.8) is 0 Å². The van der Waals surface area contributed by atoms with Crippen LogP contribution in [0.25, 0.3) is 11.3 Å². The number of benzene rings is 1. The van der Waals surface area contributed by atoms with Gasteiger partial charge in [0.2, 0.25) is 0 Å². The van der Waals surface area contributed by atoms with Gasteiger partial charge >= 0.3 is 0 Å². The number of hydrogen-bond acceptors (Lipinski definition) is 3. The van der Waals surface area contributed by atoms with Crippen molar-refractivity contribution in [2.45, 2.75) is 19.9 Å². The molecule has 0 aliphatic rings. The fraction of sp³-hybridized carbons (Fsp3) is 0.308. The van der Waals surface area contributed by atoms with Crippen LogP contribution >= 0.6 is 0 Å². The highest BCUT2D eigenvalue weighted by atomic mass is 16.5. The topological polar surface area (TPSA) is 63.9 Å². The number of aromatic amines is 1. The van der Waals surface area contributed by atoms with E-state index < -0.39 is 0 Å². The number of hydrogen-bond donors (Lipinski definition) is 2. The van der Waals surface area contributed by atoms with Crippen LogP contribution in [0, 0.1) is 0 Å². The zero-order chi connectivity index (χ0) is 12.1. The number of ether oxygens (including phenoxy) is 1. The van der Waals surface area contributed by atoms with Crippen LogP contribution in [0.4, 0.5) is 0 Å². The SMILES string of the molecule is CCCOc1ccccc1-c1cc(CN)[nH]n1. The number of nitrogens with two attached hydrogens (primary N) is 1. The molecule has 0 radical (unpaired) electrons. The molecule has 4 nitrogen and oxygen atoms in total. The molecule has 0 aliphatic carbocycles. The van der Waals surface area contributed by atoms with Crippen molar-refractivity contribution < 1.29 is 4.74 Å². The molecule has 3 N–H and O–H groups in total. The highest BCUT2D eigenvalue weighted by Crippen LogP contribution is 2.28. The Hall–Kier alpha value is -1.81. The molecule has 0 unspecified atom stereocenters. The molecule has 2 aromatic rings. The summed E-state index contributed by atoms with van der Waals surface area (Å²) in [5.41, 5.74) is 8.35. The van der Waals surface area contributed by atoms with Crippen LogP contribution in [0.15, 0.2) is 30.3 Å². The summed E-state index contributed by atoms with van der Waals surface area (Å²) in [5, 5.41) is 7.15. The Morgan fingerprint density at radius 3 is 2.88 bits per heavy atom. The number of H-pyrrole nitrogens is 1. The average Bonchev–Trinajstić information content (AvgIpc) is 2.85. The third-order valence-electron chi connectivity index (χ3n) is 2.48. The van der Waals surface area contributed by atoms with Gasteiger partial charge in [-0.05, 0) is 24.6 Å². The zero-order valence-corrected chi connectivity index (χ0v) is 9.94. The van der Waals surface area contributed by atoms with Crippen LogP contribution in [0.5, 0.6) is 5.75 Å². The summed E-state index contributed by atoms with van der Waals surface area (Å²) < 4.78 is 5.70. The number of nitrogens with one attached hydrogen (secondary N) is 1. The third-order valence-corrected chi connectivity index (χ3v) is 2.48. The second-order valence-corrected chi connectivity index (χ2v) is 3.83. The number of rotatable bonds is 5. The molecular weight excluding hydrogens is 214 g/mol. The smallest absolute Gasteiger partial charge is 0.128 e. The van der Waals surface area contributed by atoms with Crippen LogP contribution in [-0.2, 0) is 6.54 Å². The van der Waals surface area contributed by atoms with Crippen molar-refractivity contribution in [1.82, 2.24) is 10.2 Å². The number of aromatic nitrogens is 2. The molecule has 1 heterocycles. The molecule has 0 atom stereocenters. The van der Waals surface area contributed by atoms with Crippen molar-refractivity contribution in [1.29, 1.82) is 0 Å². The van der Waals surface area contributed by atoms with Crippen molar-refractivity contribution in [2.75, 3.05) is 6.61 Å². The van der Waals surface area contributed by atoms with Crippen LogP contribution in [-0.4, -0.2) is 16.8 Å². The van der Waals surface area contributed by atoms with Gasteiger partial charge in [-0.25, -0.2) is 0 Å². The number of para-hydroxylation sites is 1. The summed E-state index contributed by atoms with van der Waals surface area (Å²) in [7, 11) is 0. The summed E-state index contributed by atoms with van der Waals surface area (Å²) in [6.07, 6.45) is 0.989. The van der Waals surface area contributed by atoms with Gasteiger partial charge < -0.3 is 10.5 Å². The fourth-order valence-electron chi connectivity index (χ4n) is 1.62. The van der Waals surface area contributed by atoms with Crippen LogP contribution in [0.1, 0.15) is 19.0 Å². The molecule has 0 saturated carbocycles. The van der Waals surface area contributed by atoms with E-state index in [9.17, 15) is 0 Å². The molecule has 2 rings (SSSR count). The highest BCUT2D eigenvalue weighted by molar-refractivity contribution is 5.67. The molecule has 90 valence electrons. The van der Waals surface area contributed by atoms with E-state index in [1.165, 1.54) is 0 Å². The van der Waals surface area contributed by atoms with Crippen molar-refractivity contribution in [3.05, 3.63) is 36.0 Å². The van der Waals surface area contributed by atoms with Crippen molar-refractivity contribution in [3.8, 4) is 17.0 Å². The summed E-state index contributed by atoms with van der Waals surface area (Å²) in [5.74, 6) is 0.865. The molecule has 0 spiro atoms. The first kappa shape index (κ1) is 11.7. The Labute approximate surface area is 101 Å². The second-order valence-electron chi connectivity index (χ2n) is 3.83. The minimum Gasteiger partial charge on any atom is -0.493 e. The monoisotopic (exact) mass is 231 g/mol. The zero-order valence-electron chi connectivity index (χ0n) is 9.94. The predicted molar refractivity (Wildman–Crippen MR) is 67.7 cm³/mol. The lowest BCUT2D eigenvalue weighted by Crippen LogP contribution is -1.96. The maximum absolute atomic E-state index is 5.70. The Morgan fingerprint density at radius 2 is 2.18 bits per heavy atom. The van der Waals surface area contributed by atoms with E-state index in [0.717, 1.165) is 29.1 Å². The van der Waals surface area contributed by atoms with Gasteiger partial charge in [-0.3, -0.25) is 5.10 Å². The summed E-state index contributed by atoms with van der Waals surface area (Å²) in [4.78, 5) is 0. The molecule has 0 aliphatic heterocycles. The Balaban J connectivity index is 2.30. The van der Waals surface area contributed by atoms with Gasteiger partial charge in [-0.15, -0.1) is 0 Å². The molecule has 1 aromatic carbocycles. The van der Waals surface area contributed by atoms with E-state index in [-0.39, 0.29) is 0 Å². The standard InChI is InChI=1S/C13H17N3O/c1-2-7-17-13-6-4-3-5-11(13)12-8-10(9-14)15-16-12/h3-6,8H,2,7,9,14H2,1H3,(H,15,16). The second kappa shape index (κ2) is 5.50. The lowest BCUT2D eigenvalue weighted by molar-refractivity contribution is 0.318. The lowest BCUT2D eigenvalue weighted by Gasteiger charge is -2.08. The maximum atomic E-state index is 5.70. The van der Waals surface area contributed by atoms with E-state index >= 15 is 0 Å². The van der Waals surface area contributed by atoms with Gasteiger partial charge in [0.15, 0.2) is 0 Å². The average molecular weight is 231 g/mol. The maximum Gasteiger partial charge on any atom is 0.128 e. The van der Waals surface area contributed by atoms with E-state index in [0.29, 0.717) is 13.2 Å². The predicted octanol–water partition coefficient (Wildman–Crippen LogP) is 2.32. The molecule has 1 aromatic heterocycles. The Bertz CT molecular complexity index is 479. The highest BCUT2D eigenvalue weighted by Gasteiger charge is 2.08. The lowest BCUT2D eigenvalue weighted by atomic mass is 10.1. The van der Waals surface area contributed by atoms with Crippen LogP contribution in [0.2, 0.25) is 0 Å². The summed E-state index contributed by atoms with van der Waals surface area (Å²) in [6, 6.07) is 9.85. The normalized spacial score (nSPS) is 10.5.